The smallest absolute Gasteiger partial charge is 0.287 e. The van der Waals surface area contributed by atoms with Crippen molar-refractivity contribution in [2.24, 2.45) is 34.5 Å². The summed E-state index contributed by atoms with van der Waals surface area (Å²) in [7, 11) is 1.68. The molecule has 4 saturated heterocycles. The number of rotatable bonds is 19. The summed E-state index contributed by atoms with van der Waals surface area (Å²) in [6.07, 6.45) is 0.294. The van der Waals surface area contributed by atoms with Gasteiger partial charge in [-0.25, -0.2) is 0 Å². The van der Waals surface area contributed by atoms with E-state index in [1.807, 2.05) is 121 Å². The van der Waals surface area contributed by atoms with E-state index in [4.69, 9.17) is 0 Å². The zero-order valence-corrected chi connectivity index (χ0v) is 49.0. The number of hydrogen-bond donors (Lipinski definition) is 5. The molecule has 4 aliphatic heterocycles. The molecular weight excluding hydrogens is 1040 g/mol. The van der Waals surface area contributed by atoms with E-state index in [2.05, 4.69) is 26.6 Å². The molecule has 438 valence electrons. The third-order valence-corrected chi connectivity index (χ3v) is 17.6. The van der Waals surface area contributed by atoms with Crippen molar-refractivity contribution in [3.63, 3.8) is 0 Å². The normalized spacial score (nSPS) is 22.0. The number of hydrogen-bond acceptors (Lipinski definition) is 11. The molecule has 4 fully saturated rings. The SMILES string of the molecule is CC[C@@H](C)C(=O)N[C@H](C(=O)N1CC[C@@H]2[C@H]1[C@@H](C(=O)Nc1cccc3ccccc13)CN2C(=O)CCC(=O)C(=O)NCC(=O)N1C[C@H](C(=O)Nc2cccc3ccccc23)[C@@H]2[C@H]1CCN2C(=O)[C@@H](CC(=O)[C@H](C)NC)C(C)(C)C)C(C)(C)C. The number of carbonyl (C=O) groups excluding carboxylic acids is 10. The number of Topliss-reactive ketones (excluding diaryl/α,β-unsaturated/α-hetero) is 2. The van der Waals surface area contributed by atoms with Gasteiger partial charge in [0.25, 0.3) is 5.91 Å². The third-order valence-electron chi connectivity index (χ3n) is 17.6. The molecule has 0 aliphatic carbocycles. The minimum absolute atomic E-state index is 0.0266. The first-order valence-electron chi connectivity index (χ1n) is 28.9. The summed E-state index contributed by atoms with van der Waals surface area (Å²) in [6, 6.07) is 22.1. The van der Waals surface area contributed by atoms with Crippen LogP contribution in [-0.4, -0.2) is 154 Å². The summed E-state index contributed by atoms with van der Waals surface area (Å²) in [5.74, 6) is -7.84. The van der Waals surface area contributed by atoms with Gasteiger partial charge in [0.1, 0.15) is 11.8 Å². The standard InChI is InChI=1S/C63H81N9O10/c1-11-36(2)56(77)68-55(63(7,8)9)61(82)70-31-29-47-54(70)42(57(78)66-45-24-16-20-38-18-12-14-22-40(38)45)34-71(47)51(75)27-26-49(73)59(80)65-33-52(76)72-35-43(58(79)67-46-25-17-21-39-19-13-15-23-41(39)46)53-48(72)28-30-69(53)60(81)44(62(4,5)6)32-50(74)37(3)64-10/h12-25,36-37,42-44,47-48,53-55,64H,11,26-35H2,1-10H3,(H,65,80)(H,66,78)(H,67,79)(H,68,77)/t36-,37+,42+,43+,44-,47-,48-,53-,54-,55-/m1/s1. The van der Waals surface area contributed by atoms with E-state index in [0.29, 0.717) is 30.6 Å². The summed E-state index contributed by atoms with van der Waals surface area (Å²) in [4.78, 5) is 147. The fourth-order valence-corrected chi connectivity index (χ4v) is 12.5. The fraction of sp³-hybridized carbons (Fsp3) is 0.524. The van der Waals surface area contributed by atoms with Gasteiger partial charge in [-0.2, -0.15) is 0 Å². The second-order valence-corrected chi connectivity index (χ2v) is 24.9. The third kappa shape index (κ3) is 12.7. The van der Waals surface area contributed by atoms with Crippen molar-refractivity contribution >= 4 is 91.7 Å². The van der Waals surface area contributed by atoms with Crippen molar-refractivity contribution in [1.82, 2.24) is 35.6 Å². The molecule has 19 heteroatoms. The van der Waals surface area contributed by atoms with Crippen molar-refractivity contribution in [2.75, 3.05) is 50.4 Å². The van der Waals surface area contributed by atoms with Crippen molar-refractivity contribution in [1.29, 1.82) is 0 Å². The maximum atomic E-state index is 14.8. The Kier molecular flexibility index (Phi) is 18.4. The zero-order valence-electron chi connectivity index (χ0n) is 49.0. The first kappa shape index (κ1) is 60.6. The molecule has 0 bridgehead atoms. The van der Waals surface area contributed by atoms with Crippen LogP contribution in [0.2, 0.25) is 0 Å². The van der Waals surface area contributed by atoms with Crippen LogP contribution in [0.3, 0.4) is 0 Å². The van der Waals surface area contributed by atoms with Crippen molar-refractivity contribution in [3.8, 4) is 0 Å². The molecule has 4 aliphatic rings. The molecule has 0 aromatic heterocycles. The molecule has 19 nitrogen and oxygen atoms in total. The van der Waals surface area contributed by atoms with Crippen LogP contribution in [0.25, 0.3) is 21.5 Å². The Morgan fingerprint density at radius 3 is 1.57 bits per heavy atom. The van der Waals surface area contributed by atoms with Crippen LogP contribution in [0.5, 0.6) is 0 Å². The van der Waals surface area contributed by atoms with Crippen LogP contribution in [0.15, 0.2) is 84.9 Å². The Balaban J connectivity index is 0.957. The lowest BCUT2D eigenvalue weighted by molar-refractivity contribution is -0.144. The molecule has 4 heterocycles. The van der Waals surface area contributed by atoms with E-state index in [9.17, 15) is 47.9 Å². The molecule has 82 heavy (non-hydrogen) atoms. The first-order valence-corrected chi connectivity index (χ1v) is 28.9. The summed E-state index contributed by atoms with van der Waals surface area (Å²) < 4.78 is 0. The number of likely N-dealkylation sites (N-methyl/N-ethyl adjacent to an activating group) is 1. The van der Waals surface area contributed by atoms with Crippen molar-refractivity contribution < 1.29 is 47.9 Å². The number of amides is 8. The number of carbonyl (C=O) groups is 10. The van der Waals surface area contributed by atoms with E-state index < -0.39 is 120 Å². The highest BCUT2D eigenvalue weighted by molar-refractivity contribution is 6.36. The number of likely N-dealkylation sites (tertiary alicyclic amines) is 4. The van der Waals surface area contributed by atoms with Gasteiger partial charge in [-0.1, -0.05) is 128 Å². The van der Waals surface area contributed by atoms with Gasteiger partial charge in [-0.05, 0) is 67.0 Å². The number of benzene rings is 4. The summed E-state index contributed by atoms with van der Waals surface area (Å²) >= 11 is 0. The van der Waals surface area contributed by atoms with Gasteiger partial charge in [0.15, 0.2) is 0 Å². The van der Waals surface area contributed by atoms with Crippen molar-refractivity contribution in [3.05, 3.63) is 84.9 Å². The van der Waals surface area contributed by atoms with E-state index in [1.165, 1.54) is 9.80 Å². The molecule has 0 spiro atoms. The Morgan fingerprint density at radius 1 is 0.598 bits per heavy atom. The van der Waals surface area contributed by atoms with E-state index in [1.54, 1.807) is 42.8 Å². The van der Waals surface area contributed by atoms with Crippen LogP contribution in [0.1, 0.15) is 101 Å². The lowest BCUT2D eigenvalue weighted by Gasteiger charge is -2.37. The number of nitrogens with one attached hydrogen (secondary N) is 5. The Bertz CT molecular complexity index is 2930. The predicted octanol–water partition coefficient (Wildman–Crippen LogP) is 5.70. The van der Waals surface area contributed by atoms with Gasteiger partial charge < -0.3 is 46.2 Å². The average Bonchev–Trinajstić information content (AvgIpc) is 4.24. The van der Waals surface area contributed by atoms with Crippen LogP contribution in [0, 0.1) is 34.5 Å². The van der Waals surface area contributed by atoms with Gasteiger partial charge >= 0.3 is 0 Å². The van der Waals surface area contributed by atoms with Crippen LogP contribution in [0.4, 0.5) is 11.4 Å². The van der Waals surface area contributed by atoms with Crippen molar-refractivity contribution in [2.45, 2.75) is 137 Å². The molecule has 4 aromatic carbocycles. The van der Waals surface area contributed by atoms with Gasteiger partial charge in [0.2, 0.25) is 47.1 Å². The van der Waals surface area contributed by atoms with Gasteiger partial charge in [0, 0.05) is 79.4 Å². The molecule has 8 rings (SSSR count). The highest BCUT2D eigenvalue weighted by Crippen LogP contribution is 2.42. The summed E-state index contributed by atoms with van der Waals surface area (Å²) in [6.45, 7) is 16.4. The van der Waals surface area contributed by atoms with Crippen LogP contribution in [-0.2, 0) is 47.9 Å². The van der Waals surface area contributed by atoms with Crippen LogP contribution >= 0.6 is 0 Å². The average molecular weight is 1120 g/mol. The first-order chi connectivity index (χ1) is 38.8. The van der Waals surface area contributed by atoms with E-state index in [-0.39, 0.29) is 62.0 Å². The van der Waals surface area contributed by atoms with Crippen LogP contribution < -0.4 is 26.6 Å². The molecule has 8 amide bonds. The Hall–Kier alpha value is -7.54. The molecule has 0 radical (unpaired) electrons. The molecule has 10 atom stereocenters. The fourth-order valence-electron chi connectivity index (χ4n) is 12.5. The Morgan fingerprint density at radius 2 is 1.09 bits per heavy atom. The van der Waals surface area contributed by atoms with Gasteiger partial charge in [-0.15, -0.1) is 0 Å². The monoisotopic (exact) mass is 1120 g/mol. The number of fused-ring (bicyclic) bond motifs is 4. The molecule has 5 N–H and O–H groups in total. The summed E-state index contributed by atoms with van der Waals surface area (Å²) in [5.41, 5.74) is -0.227. The van der Waals surface area contributed by atoms with E-state index in [0.717, 1.165) is 21.5 Å². The maximum Gasteiger partial charge on any atom is 0.287 e. The van der Waals surface area contributed by atoms with E-state index >= 15 is 0 Å². The second kappa shape index (κ2) is 24.9. The van der Waals surface area contributed by atoms with Gasteiger partial charge in [-0.3, -0.25) is 47.9 Å². The summed E-state index contributed by atoms with van der Waals surface area (Å²) in [5, 5.41) is 18.0. The largest absolute Gasteiger partial charge is 0.344 e. The topological polar surface area (TPSA) is 244 Å². The zero-order chi connectivity index (χ0) is 59.5. The number of anilines is 2. The molecule has 0 unspecified atom stereocenters. The minimum Gasteiger partial charge on any atom is -0.344 e. The molecular formula is C63H81N9O10. The number of ketones is 2. The maximum absolute atomic E-state index is 14.8. The number of nitrogens with zero attached hydrogens (tertiary/aromatic N) is 4. The highest BCUT2D eigenvalue weighted by atomic mass is 16.2. The highest BCUT2D eigenvalue weighted by Gasteiger charge is 2.57. The molecule has 0 saturated carbocycles. The minimum atomic E-state index is -1.09. The second-order valence-electron chi connectivity index (χ2n) is 24.9. The van der Waals surface area contributed by atoms with Gasteiger partial charge in [0.05, 0.1) is 48.6 Å². The predicted molar refractivity (Wildman–Crippen MR) is 313 cm³/mol. The lowest BCUT2D eigenvalue weighted by atomic mass is 9.76. The quantitative estimate of drug-likeness (QED) is 0.0714. The Labute approximate surface area is 480 Å². The molecule has 4 aromatic rings. The lowest BCUT2D eigenvalue weighted by Crippen LogP contribution is -2.58.